The van der Waals surface area contributed by atoms with Crippen LogP contribution in [0, 0.1) is 0 Å². The minimum absolute atomic E-state index is 0.0557. The Balaban J connectivity index is 1.95. The number of rotatable bonds is 4. The molecule has 1 heterocycles. The molecule has 23 heavy (non-hydrogen) atoms. The number of nitrogens with zero attached hydrogens (tertiary/aromatic N) is 1. The van der Waals surface area contributed by atoms with E-state index in [9.17, 15) is 4.79 Å². The van der Waals surface area contributed by atoms with E-state index < -0.39 is 0 Å². The minimum atomic E-state index is -0.174. The van der Waals surface area contributed by atoms with Gasteiger partial charge < -0.3 is 4.74 Å². The molecule has 6 heteroatoms. The molecular weight excluding hydrogens is 353 g/mol. The van der Waals surface area contributed by atoms with Gasteiger partial charge in [-0.15, -0.1) is 11.8 Å². The lowest BCUT2D eigenvalue weighted by Gasteiger charge is -2.25. The lowest BCUT2D eigenvalue weighted by Crippen LogP contribution is -2.27. The Morgan fingerprint density at radius 3 is 2.65 bits per heavy atom. The van der Waals surface area contributed by atoms with E-state index in [0.29, 0.717) is 22.4 Å². The number of hydrogen-bond acceptors (Lipinski definition) is 3. The predicted molar refractivity (Wildman–Crippen MR) is 96.8 cm³/mol. The highest BCUT2D eigenvalue weighted by molar-refractivity contribution is 8.00. The van der Waals surface area contributed by atoms with Gasteiger partial charge in [-0.05, 0) is 37.3 Å². The first-order valence-corrected chi connectivity index (χ1v) is 9.02. The van der Waals surface area contributed by atoms with Gasteiger partial charge in [-0.25, -0.2) is 0 Å². The zero-order valence-electron chi connectivity index (χ0n) is 12.5. The molecule has 1 fully saturated rings. The van der Waals surface area contributed by atoms with E-state index in [4.69, 9.17) is 27.9 Å². The van der Waals surface area contributed by atoms with Gasteiger partial charge in [0.15, 0.2) is 0 Å². The van der Waals surface area contributed by atoms with E-state index in [2.05, 4.69) is 0 Å². The summed E-state index contributed by atoms with van der Waals surface area (Å²) in [5.74, 6) is 1.26. The van der Waals surface area contributed by atoms with Gasteiger partial charge in [-0.2, -0.15) is 0 Å². The zero-order valence-corrected chi connectivity index (χ0v) is 14.8. The monoisotopic (exact) mass is 367 g/mol. The van der Waals surface area contributed by atoms with Gasteiger partial charge in [0.05, 0.1) is 22.4 Å². The molecule has 0 spiro atoms. The van der Waals surface area contributed by atoms with Crippen molar-refractivity contribution in [3.8, 4) is 5.75 Å². The van der Waals surface area contributed by atoms with Crippen molar-refractivity contribution in [2.75, 3.05) is 17.3 Å². The molecule has 3 rings (SSSR count). The van der Waals surface area contributed by atoms with Crippen molar-refractivity contribution in [1.82, 2.24) is 0 Å². The van der Waals surface area contributed by atoms with Crippen LogP contribution in [0.25, 0.3) is 0 Å². The zero-order chi connectivity index (χ0) is 16.4. The standard InChI is InChI=1S/C17H15Cl2NO2S/c1-2-22-12-8-6-11(7-9-12)20-15(21)10-23-17(20)13-4-3-5-14(18)16(13)19/h3-9,17H,2,10H2,1H3/t17-/m1/s1. The lowest BCUT2D eigenvalue weighted by molar-refractivity contribution is -0.115. The largest absolute Gasteiger partial charge is 0.494 e. The molecule has 2 aromatic carbocycles. The third-order valence-electron chi connectivity index (χ3n) is 3.54. The molecule has 0 saturated carbocycles. The number of hydrogen-bond donors (Lipinski definition) is 0. The van der Waals surface area contributed by atoms with Gasteiger partial charge in [0, 0.05) is 11.3 Å². The van der Waals surface area contributed by atoms with Gasteiger partial charge in [-0.3, -0.25) is 9.69 Å². The Morgan fingerprint density at radius 2 is 1.96 bits per heavy atom. The second-order valence-electron chi connectivity index (χ2n) is 5.00. The topological polar surface area (TPSA) is 29.5 Å². The molecule has 1 aliphatic rings. The summed E-state index contributed by atoms with van der Waals surface area (Å²) in [6, 6.07) is 13.0. The van der Waals surface area contributed by atoms with Gasteiger partial charge in [0.1, 0.15) is 11.1 Å². The predicted octanol–water partition coefficient (Wildman–Crippen LogP) is 5.17. The van der Waals surface area contributed by atoms with E-state index in [0.717, 1.165) is 17.0 Å². The normalized spacial score (nSPS) is 17.6. The quantitative estimate of drug-likeness (QED) is 0.746. The average molecular weight is 368 g/mol. The maximum atomic E-state index is 12.4. The first-order valence-electron chi connectivity index (χ1n) is 7.22. The van der Waals surface area contributed by atoms with Crippen LogP contribution in [0.15, 0.2) is 42.5 Å². The van der Waals surface area contributed by atoms with Crippen LogP contribution in [0.5, 0.6) is 5.75 Å². The van der Waals surface area contributed by atoms with Crippen LogP contribution < -0.4 is 9.64 Å². The fraction of sp³-hybridized carbons (Fsp3) is 0.235. The summed E-state index contributed by atoms with van der Waals surface area (Å²) in [5, 5.41) is 0.819. The first kappa shape index (κ1) is 16.5. The van der Waals surface area contributed by atoms with Crippen LogP contribution >= 0.6 is 35.0 Å². The number of amides is 1. The molecule has 2 aromatic rings. The van der Waals surface area contributed by atoms with Crippen molar-refractivity contribution in [2.45, 2.75) is 12.3 Å². The molecule has 120 valence electrons. The summed E-state index contributed by atoms with van der Waals surface area (Å²) in [7, 11) is 0. The highest BCUT2D eigenvalue weighted by Gasteiger charge is 2.35. The summed E-state index contributed by atoms with van der Waals surface area (Å²) in [6.45, 7) is 2.55. The number of benzene rings is 2. The smallest absolute Gasteiger partial charge is 0.238 e. The summed E-state index contributed by atoms with van der Waals surface area (Å²) in [4.78, 5) is 14.1. The minimum Gasteiger partial charge on any atom is -0.494 e. The van der Waals surface area contributed by atoms with Gasteiger partial charge in [-0.1, -0.05) is 35.3 Å². The molecule has 1 atom stereocenters. The Bertz CT molecular complexity index is 721. The maximum Gasteiger partial charge on any atom is 0.238 e. The lowest BCUT2D eigenvalue weighted by atomic mass is 10.2. The van der Waals surface area contributed by atoms with Crippen molar-refractivity contribution in [3.05, 3.63) is 58.1 Å². The van der Waals surface area contributed by atoms with Crippen molar-refractivity contribution < 1.29 is 9.53 Å². The number of thioether (sulfide) groups is 1. The van der Waals surface area contributed by atoms with Crippen LogP contribution in [0.1, 0.15) is 17.9 Å². The Kier molecular flexibility index (Phi) is 5.05. The van der Waals surface area contributed by atoms with Crippen LogP contribution in [0.2, 0.25) is 10.0 Å². The van der Waals surface area contributed by atoms with Crippen LogP contribution in [-0.4, -0.2) is 18.3 Å². The van der Waals surface area contributed by atoms with Gasteiger partial charge in [0.25, 0.3) is 0 Å². The fourth-order valence-corrected chi connectivity index (χ4v) is 4.19. The highest BCUT2D eigenvalue weighted by Crippen LogP contribution is 2.45. The first-order chi connectivity index (χ1) is 11.1. The Morgan fingerprint density at radius 1 is 1.22 bits per heavy atom. The molecule has 3 nitrogen and oxygen atoms in total. The van der Waals surface area contributed by atoms with Crippen LogP contribution in [-0.2, 0) is 4.79 Å². The second kappa shape index (κ2) is 7.04. The molecule has 1 amide bonds. The maximum absolute atomic E-state index is 12.4. The molecule has 1 saturated heterocycles. The third-order valence-corrected chi connectivity index (χ3v) is 5.57. The number of ether oxygens (including phenoxy) is 1. The summed E-state index contributed by atoms with van der Waals surface area (Å²) in [5.41, 5.74) is 1.67. The average Bonchev–Trinajstić information content (AvgIpc) is 2.93. The fourth-order valence-electron chi connectivity index (χ4n) is 2.51. The van der Waals surface area contributed by atoms with Crippen molar-refractivity contribution >= 4 is 46.6 Å². The van der Waals surface area contributed by atoms with E-state index in [1.165, 1.54) is 0 Å². The van der Waals surface area contributed by atoms with E-state index in [1.807, 2.05) is 43.3 Å². The van der Waals surface area contributed by atoms with Crippen LogP contribution in [0.3, 0.4) is 0 Å². The van der Waals surface area contributed by atoms with Crippen molar-refractivity contribution in [3.63, 3.8) is 0 Å². The molecule has 1 aliphatic heterocycles. The Labute approximate surface area is 149 Å². The van der Waals surface area contributed by atoms with Crippen molar-refractivity contribution in [1.29, 1.82) is 0 Å². The third kappa shape index (κ3) is 3.30. The molecular formula is C17H15Cl2NO2S. The number of carbonyl (C=O) groups excluding carboxylic acids is 1. The number of halogens is 2. The van der Waals surface area contributed by atoms with E-state index >= 15 is 0 Å². The number of carbonyl (C=O) groups is 1. The van der Waals surface area contributed by atoms with E-state index in [-0.39, 0.29) is 11.3 Å². The molecule has 0 radical (unpaired) electrons. The van der Waals surface area contributed by atoms with Crippen molar-refractivity contribution in [2.24, 2.45) is 0 Å². The molecule has 0 N–H and O–H groups in total. The summed E-state index contributed by atoms with van der Waals surface area (Å²) >= 11 is 14.0. The summed E-state index contributed by atoms with van der Waals surface area (Å²) in [6.07, 6.45) is 0. The number of anilines is 1. The van der Waals surface area contributed by atoms with Crippen LogP contribution in [0.4, 0.5) is 5.69 Å². The Hall–Kier alpha value is -1.36. The summed E-state index contributed by atoms with van der Waals surface area (Å²) < 4.78 is 5.45. The van der Waals surface area contributed by atoms with Gasteiger partial charge >= 0.3 is 0 Å². The van der Waals surface area contributed by atoms with E-state index in [1.54, 1.807) is 22.7 Å². The second-order valence-corrected chi connectivity index (χ2v) is 6.85. The SMILES string of the molecule is CCOc1ccc(N2C(=O)CS[C@@H]2c2cccc(Cl)c2Cl)cc1. The highest BCUT2D eigenvalue weighted by atomic mass is 35.5. The molecule has 0 aromatic heterocycles. The molecule has 0 bridgehead atoms. The molecule has 0 aliphatic carbocycles. The molecule has 0 unspecified atom stereocenters. The van der Waals surface area contributed by atoms with Gasteiger partial charge in [0.2, 0.25) is 5.91 Å².